The maximum absolute atomic E-state index is 13.8. The fourth-order valence-corrected chi connectivity index (χ4v) is 4.73. The van der Waals surface area contributed by atoms with Crippen LogP contribution in [0.1, 0.15) is 35.9 Å². The second kappa shape index (κ2) is 7.76. The van der Waals surface area contributed by atoms with E-state index in [0.717, 1.165) is 18.5 Å². The molecule has 0 spiro atoms. The number of pyridine rings is 1. The van der Waals surface area contributed by atoms with Gasteiger partial charge >= 0.3 is 0 Å². The highest BCUT2D eigenvalue weighted by atomic mass is 19.1. The summed E-state index contributed by atoms with van der Waals surface area (Å²) in [7, 11) is 0. The van der Waals surface area contributed by atoms with Gasteiger partial charge in [0.1, 0.15) is 30.8 Å². The molecule has 7 nitrogen and oxygen atoms in total. The van der Waals surface area contributed by atoms with Gasteiger partial charge in [0, 0.05) is 11.7 Å². The number of benzene rings is 1. The third kappa shape index (κ3) is 3.56. The lowest BCUT2D eigenvalue weighted by atomic mass is 9.64. The first-order valence-corrected chi connectivity index (χ1v) is 10.5. The van der Waals surface area contributed by atoms with Crippen LogP contribution in [0.25, 0.3) is 5.69 Å². The van der Waals surface area contributed by atoms with Gasteiger partial charge in [-0.05, 0) is 68.0 Å². The van der Waals surface area contributed by atoms with E-state index in [1.54, 1.807) is 23.1 Å². The second-order valence-corrected chi connectivity index (χ2v) is 8.45. The number of rotatable bonds is 5. The first-order valence-electron chi connectivity index (χ1n) is 10.5. The number of amides is 1. The quantitative estimate of drug-likeness (QED) is 0.631. The van der Waals surface area contributed by atoms with Crippen LogP contribution in [0.3, 0.4) is 0 Å². The van der Waals surface area contributed by atoms with Gasteiger partial charge in [0.05, 0.1) is 11.7 Å². The van der Waals surface area contributed by atoms with Crippen LogP contribution in [0, 0.1) is 24.6 Å². The lowest BCUT2D eigenvalue weighted by molar-refractivity contribution is -0.0673. The van der Waals surface area contributed by atoms with E-state index >= 15 is 0 Å². The number of halogens is 1. The number of piperidine rings is 2. The third-order valence-corrected chi connectivity index (χ3v) is 6.60. The Morgan fingerprint density at radius 1 is 1.19 bits per heavy atom. The fourth-order valence-electron chi connectivity index (χ4n) is 4.73. The molecule has 2 saturated heterocycles. The highest BCUT2D eigenvalue weighted by molar-refractivity contribution is 5.96. The van der Waals surface area contributed by atoms with Crippen molar-refractivity contribution >= 4 is 5.91 Å². The van der Waals surface area contributed by atoms with Crippen LogP contribution in [0.4, 0.5) is 4.39 Å². The SMILES string of the molecule is Cc1ccc(-n2cncn2)c(C(=O)N2C3CC(C3)C(C)C2COc2ccc(F)cc2)n1. The van der Waals surface area contributed by atoms with Gasteiger partial charge in [-0.1, -0.05) is 6.92 Å². The smallest absolute Gasteiger partial charge is 0.275 e. The summed E-state index contributed by atoms with van der Waals surface area (Å²) in [6.45, 7) is 4.41. The minimum atomic E-state index is -0.303. The molecule has 8 heteroatoms. The lowest BCUT2D eigenvalue weighted by Crippen LogP contribution is -2.64. The third-order valence-electron chi connectivity index (χ3n) is 6.60. The standard InChI is InChI=1S/C23H24FN5O2/c1-14-3-8-20(28-13-25-12-26-28)22(27-14)23(30)29-18-9-16(10-18)15(2)21(29)11-31-19-6-4-17(24)5-7-19/h3-8,12-13,15-16,18,21H,9-11H2,1-2H3. The van der Waals surface area contributed by atoms with Crippen LogP contribution in [-0.2, 0) is 0 Å². The van der Waals surface area contributed by atoms with Crippen molar-refractivity contribution in [2.45, 2.75) is 38.8 Å². The van der Waals surface area contributed by atoms with Crippen molar-refractivity contribution in [1.29, 1.82) is 0 Å². The van der Waals surface area contributed by atoms with E-state index in [-0.39, 0.29) is 23.8 Å². The molecule has 1 aromatic carbocycles. The minimum Gasteiger partial charge on any atom is -0.491 e. The zero-order chi connectivity index (χ0) is 21.5. The van der Waals surface area contributed by atoms with E-state index in [9.17, 15) is 9.18 Å². The molecular formula is C23H24FN5O2. The molecule has 3 fully saturated rings. The molecule has 1 aliphatic carbocycles. The van der Waals surface area contributed by atoms with E-state index < -0.39 is 0 Å². The van der Waals surface area contributed by atoms with Crippen LogP contribution in [0.2, 0.25) is 0 Å². The van der Waals surface area contributed by atoms with Crippen LogP contribution < -0.4 is 4.74 Å². The predicted molar refractivity (Wildman–Crippen MR) is 111 cm³/mol. The van der Waals surface area contributed by atoms with Gasteiger partial charge in [-0.15, -0.1) is 0 Å². The molecule has 1 amide bonds. The van der Waals surface area contributed by atoms with E-state index in [1.165, 1.54) is 18.5 Å². The number of carbonyl (C=O) groups is 1. The van der Waals surface area contributed by atoms with Crippen molar-refractivity contribution in [3.63, 3.8) is 0 Å². The molecular weight excluding hydrogens is 397 g/mol. The van der Waals surface area contributed by atoms with Gasteiger partial charge in [-0.2, -0.15) is 5.10 Å². The largest absolute Gasteiger partial charge is 0.491 e. The average molecular weight is 421 g/mol. The zero-order valence-corrected chi connectivity index (χ0v) is 17.5. The summed E-state index contributed by atoms with van der Waals surface area (Å²) in [6, 6.07) is 9.79. The number of hydrogen-bond acceptors (Lipinski definition) is 5. The summed E-state index contributed by atoms with van der Waals surface area (Å²) in [5.74, 6) is 1.07. The van der Waals surface area contributed by atoms with Gasteiger partial charge in [-0.25, -0.2) is 19.0 Å². The van der Waals surface area contributed by atoms with E-state index in [4.69, 9.17) is 4.74 Å². The van der Waals surface area contributed by atoms with E-state index in [0.29, 0.717) is 35.6 Å². The Bertz CT molecular complexity index is 1080. The predicted octanol–water partition coefficient (Wildman–Crippen LogP) is 3.43. The van der Waals surface area contributed by atoms with Crippen molar-refractivity contribution in [3.8, 4) is 11.4 Å². The molecule has 3 aromatic rings. The van der Waals surface area contributed by atoms with Crippen molar-refractivity contribution in [1.82, 2.24) is 24.6 Å². The molecule has 2 atom stereocenters. The number of aryl methyl sites for hydroxylation is 1. The molecule has 2 aromatic heterocycles. The van der Waals surface area contributed by atoms with Gasteiger partial charge in [-0.3, -0.25) is 4.79 Å². The van der Waals surface area contributed by atoms with E-state index in [2.05, 4.69) is 22.0 Å². The second-order valence-electron chi connectivity index (χ2n) is 8.45. The fraction of sp³-hybridized carbons (Fsp3) is 0.391. The molecule has 2 bridgehead atoms. The maximum Gasteiger partial charge on any atom is 0.275 e. The Morgan fingerprint density at radius 3 is 2.68 bits per heavy atom. The molecule has 3 aliphatic rings. The van der Waals surface area contributed by atoms with Crippen LogP contribution in [-0.4, -0.2) is 49.2 Å². The Labute approximate surface area is 179 Å². The zero-order valence-electron chi connectivity index (χ0n) is 17.5. The number of carbonyl (C=O) groups excluding carboxylic acids is 1. The van der Waals surface area contributed by atoms with Crippen LogP contribution >= 0.6 is 0 Å². The number of ether oxygens (including phenoxy) is 1. The van der Waals surface area contributed by atoms with Crippen molar-refractivity contribution in [2.24, 2.45) is 11.8 Å². The summed E-state index contributed by atoms with van der Waals surface area (Å²) in [5.41, 5.74) is 1.75. The molecule has 2 unspecified atom stereocenters. The summed E-state index contributed by atoms with van der Waals surface area (Å²) in [4.78, 5) is 24.4. The molecule has 4 heterocycles. The lowest BCUT2D eigenvalue weighted by Gasteiger charge is -2.57. The van der Waals surface area contributed by atoms with Gasteiger partial charge in [0.2, 0.25) is 0 Å². The van der Waals surface area contributed by atoms with Crippen molar-refractivity contribution in [3.05, 3.63) is 66.3 Å². The Hall–Kier alpha value is -3.29. The highest BCUT2D eigenvalue weighted by Gasteiger charge is 2.51. The Morgan fingerprint density at radius 2 is 1.97 bits per heavy atom. The normalized spacial score (nSPS) is 24.5. The molecule has 1 saturated carbocycles. The number of nitrogens with zero attached hydrogens (tertiary/aromatic N) is 5. The first-order chi connectivity index (χ1) is 15.0. The Balaban J connectivity index is 1.45. The molecule has 2 aliphatic heterocycles. The summed E-state index contributed by atoms with van der Waals surface area (Å²) < 4.78 is 20.8. The highest BCUT2D eigenvalue weighted by Crippen LogP contribution is 2.47. The number of aromatic nitrogens is 4. The summed E-state index contributed by atoms with van der Waals surface area (Å²) in [5, 5.41) is 4.19. The number of hydrogen-bond donors (Lipinski definition) is 0. The minimum absolute atomic E-state index is 0.0824. The molecule has 0 radical (unpaired) electrons. The monoisotopic (exact) mass is 421 g/mol. The van der Waals surface area contributed by atoms with Gasteiger partial charge in [0.15, 0.2) is 5.69 Å². The summed E-state index contributed by atoms with van der Waals surface area (Å²) >= 11 is 0. The topological polar surface area (TPSA) is 73.1 Å². The Kier molecular flexibility index (Phi) is 4.92. The van der Waals surface area contributed by atoms with Gasteiger partial charge in [0.25, 0.3) is 5.91 Å². The van der Waals surface area contributed by atoms with E-state index in [1.807, 2.05) is 24.0 Å². The summed E-state index contributed by atoms with van der Waals surface area (Å²) in [6.07, 6.45) is 5.01. The molecule has 0 N–H and O–H groups in total. The van der Waals surface area contributed by atoms with Crippen molar-refractivity contribution < 1.29 is 13.9 Å². The average Bonchev–Trinajstić information content (AvgIpc) is 3.27. The number of fused-ring (bicyclic) bond motifs is 2. The van der Waals surface area contributed by atoms with Gasteiger partial charge < -0.3 is 9.64 Å². The molecule has 6 rings (SSSR count). The first kappa shape index (κ1) is 19.7. The van der Waals surface area contributed by atoms with Crippen LogP contribution in [0.5, 0.6) is 5.75 Å². The maximum atomic E-state index is 13.8. The molecule has 160 valence electrons. The van der Waals surface area contributed by atoms with Crippen molar-refractivity contribution in [2.75, 3.05) is 6.61 Å². The molecule has 31 heavy (non-hydrogen) atoms. The van der Waals surface area contributed by atoms with Crippen LogP contribution in [0.15, 0.2) is 49.1 Å².